The molecule has 0 aromatic heterocycles. The van der Waals surface area contributed by atoms with Gasteiger partial charge in [0.15, 0.2) is 0 Å². The van der Waals surface area contributed by atoms with Crippen molar-refractivity contribution in [3.8, 4) is 0 Å². The van der Waals surface area contributed by atoms with Crippen LogP contribution in [0.15, 0.2) is 29.2 Å². The Morgan fingerprint density at radius 1 is 1.00 bits per heavy atom. The Morgan fingerprint density at radius 3 is 2.48 bits per heavy atom. The Labute approximate surface area is 244 Å². The van der Waals surface area contributed by atoms with Crippen LogP contribution in [0, 0.1) is 34.5 Å². The van der Waals surface area contributed by atoms with Crippen LogP contribution < -0.4 is 0 Å². The molecule has 0 spiro atoms. The third-order valence-corrected chi connectivity index (χ3v) is 13.1. The van der Waals surface area contributed by atoms with Gasteiger partial charge in [-0.15, -0.1) is 0 Å². The lowest BCUT2D eigenvalue weighted by molar-refractivity contribution is -0.139. The van der Waals surface area contributed by atoms with Crippen LogP contribution in [0.2, 0.25) is 0 Å². The number of ketones is 1. The van der Waals surface area contributed by atoms with Crippen molar-refractivity contribution in [2.75, 3.05) is 19.6 Å². The van der Waals surface area contributed by atoms with Crippen LogP contribution in [0.1, 0.15) is 98.0 Å². The molecule has 1 aromatic carbocycles. The first-order valence-corrected chi connectivity index (χ1v) is 16.5. The number of piperazine rings is 1. The number of nitrogens with zero attached hydrogens (tertiary/aromatic N) is 2. The Kier molecular flexibility index (Phi) is 8.79. The predicted molar refractivity (Wildman–Crippen MR) is 157 cm³/mol. The van der Waals surface area contributed by atoms with Crippen molar-refractivity contribution >= 4 is 17.7 Å². The van der Waals surface area contributed by atoms with Crippen LogP contribution in [0.5, 0.6) is 0 Å². The molecule has 224 valence electrons. The molecule has 7 heteroatoms. The van der Waals surface area contributed by atoms with Crippen molar-refractivity contribution in [1.82, 2.24) is 9.21 Å². The highest BCUT2D eigenvalue weighted by Crippen LogP contribution is 2.64. The molecule has 4 aliphatic rings. The number of fused-ring (bicyclic) bond motifs is 3. The minimum atomic E-state index is -4.34. The monoisotopic (exact) mass is 578 g/mol. The number of halogens is 3. The molecule has 0 radical (unpaired) electrons. The average molecular weight is 579 g/mol. The van der Waals surface area contributed by atoms with Gasteiger partial charge in [-0.05, 0) is 119 Å². The zero-order valence-electron chi connectivity index (χ0n) is 25.1. The van der Waals surface area contributed by atoms with Crippen LogP contribution in [0.25, 0.3) is 0 Å². The lowest BCUT2D eigenvalue weighted by Crippen LogP contribution is -2.55. The van der Waals surface area contributed by atoms with Crippen molar-refractivity contribution < 1.29 is 18.0 Å². The second-order valence-electron chi connectivity index (χ2n) is 14.0. The van der Waals surface area contributed by atoms with Crippen molar-refractivity contribution in [2.24, 2.45) is 34.5 Å². The van der Waals surface area contributed by atoms with Gasteiger partial charge in [-0.25, -0.2) is 4.31 Å². The summed E-state index contributed by atoms with van der Waals surface area (Å²) in [5, 5.41) is 0. The van der Waals surface area contributed by atoms with Gasteiger partial charge in [0.1, 0.15) is 5.78 Å². The first-order valence-electron chi connectivity index (χ1n) is 15.8. The highest BCUT2D eigenvalue weighted by atomic mass is 32.2. The van der Waals surface area contributed by atoms with E-state index in [0.717, 1.165) is 44.8 Å². The second-order valence-corrected chi connectivity index (χ2v) is 15.1. The first-order chi connectivity index (χ1) is 18.9. The highest BCUT2D eigenvalue weighted by molar-refractivity contribution is 7.97. The Balaban J connectivity index is 1.23. The van der Waals surface area contributed by atoms with E-state index in [4.69, 9.17) is 0 Å². The summed E-state index contributed by atoms with van der Waals surface area (Å²) in [5.74, 6) is 3.25. The van der Waals surface area contributed by atoms with Gasteiger partial charge in [0.05, 0.1) is 5.56 Å². The number of carbonyl (C=O) groups excluding carboxylic acids is 1. The Hall–Kier alpha value is -1.05. The van der Waals surface area contributed by atoms with E-state index in [0.29, 0.717) is 39.9 Å². The van der Waals surface area contributed by atoms with Crippen molar-refractivity contribution in [3.63, 3.8) is 0 Å². The summed E-state index contributed by atoms with van der Waals surface area (Å²) in [6, 6.07) is 6.42. The lowest BCUT2D eigenvalue weighted by atomic mass is 9.46. The number of hydrogen-bond donors (Lipinski definition) is 0. The summed E-state index contributed by atoms with van der Waals surface area (Å²) < 4.78 is 42.9. The molecule has 8 atom stereocenters. The standard InChI is InChI=1S/C33H49F3N2OS/c1-6-17-31(4)24(11-12-25-26-13-14-30(39)32(26,5)18-15-27(25)31)16-19-37-20-23(3)38(21-22(37)2)40-29-10-8-7-9-28(29)33(34,35)36/h7-10,22-27H,6,11-21H2,1-5H3/t22?,23?,24?,25-,26?,27?,31-,32-/m0/s1. The summed E-state index contributed by atoms with van der Waals surface area (Å²) in [6.07, 6.45) is 6.06. The van der Waals surface area contributed by atoms with Crippen LogP contribution >= 0.6 is 11.9 Å². The van der Waals surface area contributed by atoms with Crippen molar-refractivity contribution in [1.29, 1.82) is 0 Å². The molecule has 5 unspecified atom stereocenters. The summed E-state index contributed by atoms with van der Waals surface area (Å²) in [7, 11) is 0. The first kappa shape index (κ1) is 30.4. The summed E-state index contributed by atoms with van der Waals surface area (Å²) >= 11 is 1.27. The molecule has 5 rings (SSSR count). The molecule has 1 saturated heterocycles. The minimum absolute atomic E-state index is 0.0645. The Morgan fingerprint density at radius 2 is 1.75 bits per heavy atom. The maximum Gasteiger partial charge on any atom is 0.417 e. The minimum Gasteiger partial charge on any atom is -0.299 e. The van der Waals surface area contributed by atoms with Gasteiger partial charge in [-0.3, -0.25) is 9.69 Å². The molecule has 3 saturated carbocycles. The molecule has 40 heavy (non-hydrogen) atoms. The highest BCUT2D eigenvalue weighted by Gasteiger charge is 2.59. The molecule has 0 N–H and O–H groups in total. The molecular formula is C33H49F3N2OS. The number of hydrogen-bond acceptors (Lipinski definition) is 4. The van der Waals surface area contributed by atoms with E-state index in [1.807, 2.05) is 0 Å². The van der Waals surface area contributed by atoms with Crippen molar-refractivity contribution in [2.45, 2.75) is 116 Å². The van der Waals surface area contributed by atoms with Crippen LogP contribution in [0.3, 0.4) is 0 Å². The Bertz CT molecular complexity index is 1060. The molecule has 4 fully saturated rings. The quantitative estimate of drug-likeness (QED) is 0.302. The molecular weight excluding hydrogens is 529 g/mol. The molecule has 1 aromatic rings. The molecule has 1 aliphatic heterocycles. The number of Topliss-reactive ketones (excluding diaryl/α,β-unsaturated/α-hetero) is 1. The third kappa shape index (κ3) is 5.53. The van der Waals surface area contributed by atoms with Crippen LogP contribution in [0.4, 0.5) is 13.2 Å². The van der Waals surface area contributed by atoms with E-state index >= 15 is 0 Å². The third-order valence-electron chi connectivity index (χ3n) is 11.8. The summed E-state index contributed by atoms with van der Waals surface area (Å²) in [5.41, 5.74) is -0.276. The largest absolute Gasteiger partial charge is 0.417 e. The maximum atomic E-state index is 13.6. The zero-order chi connectivity index (χ0) is 28.9. The van der Waals surface area contributed by atoms with E-state index in [-0.39, 0.29) is 11.5 Å². The van der Waals surface area contributed by atoms with Gasteiger partial charge in [-0.1, -0.05) is 39.3 Å². The summed E-state index contributed by atoms with van der Waals surface area (Å²) in [4.78, 5) is 15.7. The SMILES string of the molecule is CCC[C@@]1(C)C(CCN2CC(C)N(Sc3ccccc3C(F)(F)F)CC2C)CC[C@@H]2C1CC[C@]1(C)C(=O)CCC21. The smallest absolute Gasteiger partial charge is 0.299 e. The van der Waals surface area contributed by atoms with E-state index in [1.165, 1.54) is 62.6 Å². The van der Waals surface area contributed by atoms with Gasteiger partial charge in [0, 0.05) is 41.9 Å². The normalized spacial score (nSPS) is 39.2. The molecule has 3 nitrogen and oxygen atoms in total. The fraction of sp³-hybridized carbons (Fsp3) is 0.788. The van der Waals surface area contributed by atoms with Crippen molar-refractivity contribution in [3.05, 3.63) is 29.8 Å². The zero-order valence-corrected chi connectivity index (χ0v) is 25.9. The average Bonchev–Trinajstić information content (AvgIpc) is 3.20. The van der Waals surface area contributed by atoms with Crippen LogP contribution in [-0.4, -0.2) is 46.7 Å². The fourth-order valence-corrected chi connectivity index (χ4v) is 10.8. The second kappa shape index (κ2) is 11.6. The molecule has 1 heterocycles. The van der Waals surface area contributed by atoms with Gasteiger partial charge in [0.25, 0.3) is 0 Å². The van der Waals surface area contributed by atoms with E-state index < -0.39 is 11.7 Å². The van der Waals surface area contributed by atoms with Gasteiger partial charge in [-0.2, -0.15) is 13.2 Å². The van der Waals surface area contributed by atoms with Gasteiger partial charge < -0.3 is 0 Å². The molecule has 0 amide bonds. The van der Waals surface area contributed by atoms with E-state index in [1.54, 1.807) is 12.1 Å². The topological polar surface area (TPSA) is 23.6 Å². The predicted octanol–water partition coefficient (Wildman–Crippen LogP) is 8.73. The van der Waals surface area contributed by atoms with E-state index in [9.17, 15) is 18.0 Å². The molecule has 3 aliphatic carbocycles. The van der Waals surface area contributed by atoms with Gasteiger partial charge >= 0.3 is 6.18 Å². The van der Waals surface area contributed by atoms with Gasteiger partial charge in [0.2, 0.25) is 0 Å². The van der Waals surface area contributed by atoms with Crippen LogP contribution in [-0.2, 0) is 11.0 Å². The van der Waals surface area contributed by atoms with E-state index in [2.05, 4.69) is 43.8 Å². The number of alkyl halides is 3. The number of rotatable bonds is 7. The summed E-state index contributed by atoms with van der Waals surface area (Å²) in [6.45, 7) is 14.3. The maximum absolute atomic E-state index is 13.6. The molecule has 0 bridgehead atoms. The fourth-order valence-electron chi connectivity index (χ4n) is 9.54. The lowest BCUT2D eigenvalue weighted by Gasteiger charge is -2.58. The number of carbonyl (C=O) groups is 1. The number of benzene rings is 1.